The van der Waals surface area contributed by atoms with E-state index in [9.17, 15) is 23.2 Å². The fraction of sp³-hybridized carbons (Fsp3) is 0.647. The summed E-state index contributed by atoms with van der Waals surface area (Å²) < 4.78 is 34.7. The van der Waals surface area contributed by atoms with Crippen LogP contribution in [0.4, 0.5) is 8.78 Å². The molecule has 1 heterocycles. The molecule has 1 aromatic rings. The van der Waals surface area contributed by atoms with Gasteiger partial charge >= 0.3 is 5.97 Å². The summed E-state index contributed by atoms with van der Waals surface area (Å²) in [6, 6.07) is 0.724. The van der Waals surface area contributed by atoms with Crippen molar-refractivity contribution in [2.75, 3.05) is 13.7 Å². The van der Waals surface area contributed by atoms with Gasteiger partial charge in [-0.2, -0.15) is 0 Å². The summed E-state index contributed by atoms with van der Waals surface area (Å²) in [5.41, 5.74) is -1.11. The third kappa shape index (κ3) is 5.01. The van der Waals surface area contributed by atoms with Gasteiger partial charge in [0.15, 0.2) is 5.69 Å². The molecule has 1 aromatic heterocycles. The Labute approximate surface area is 155 Å². The lowest BCUT2D eigenvalue weighted by Crippen LogP contribution is -2.51. The number of hydrogen-bond acceptors (Lipinski definition) is 6. The van der Waals surface area contributed by atoms with Gasteiger partial charge in [-0.1, -0.05) is 18.5 Å². The first kappa shape index (κ1) is 20.8. The third-order valence-electron chi connectivity index (χ3n) is 4.80. The van der Waals surface area contributed by atoms with Crippen LogP contribution in [0.2, 0.25) is 0 Å². The van der Waals surface area contributed by atoms with Gasteiger partial charge in [-0.3, -0.25) is 9.59 Å². The first-order chi connectivity index (χ1) is 12.8. The number of halogens is 2. The molecule has 0 aliphatic heterocycles. The predicted octanol–water partition coefficient (Wildman–Crippen LogP) is 1.91. The number of carbonyl (C=O) groups excluding carboxylic acids is 3. The van der Waals surface area contributed by atoms with Crippen molar-refractivity contribution >= 4 is 17.8 Å². The molecule has 1 saturated carbocycles. The minimum absolute atomic E-state index is 0.103. The molecule has 0 radical (unpaired) electrons. The summed E-state index contributed by atoms with van der Waals surface area (Å²) in [6.45, 7) is 1.91. The molecule has 10 heteroatoms. The molecule has 1 atom stereocenters. The van der Waals surface area contributed by atoms with Crippen molar-refractivity contribution in [2.24, 2.45) is 5.41 Å². The highest BCUT2D eigenvalue weighted by atomic mass is 19.3. The molecular formula is C17H23F2N3O5. The second-order valence-corrected chi connectivity index (χ2v) is 6.59. The van der Waals surface area contributed by atoms with E-state index < -0.39 is 42.1 Å². The minimum atomic E-state index is -2.53. The van der Waals surface area contributed by atoms with Crippen LogP contribution in [0.15, 0.2) is 10.6 Å². The van der Waals surface area contributed by atoms with Crippen molar-refractivity contribution in [3.8, 4) is 0 Å². The van der Waals surface area contributed by atoms with Gasteiger partial charge in [-0.15, -0.1) is 0 Å². The van der Waals surface area contributed by atoms with Crippen molar-refractivity contribution in [1.29, 1.82) is 0 Å². The number of carbonyl (C=O) groups is 3. The Balaban J connectivity index is 1.89. The highest BCUT2D eigenvalue weighted by molar-refractivity contribution is 5.95. The maximum atomic E-state index is 12.7. The molecule has 2 amide bonds. The zero-order chi connectivity index (χ0) is 20.0. The molecule has 27 heavy (non-hydrogen) atoms. The largest absolute Gasteiger partial charge is 0.463 e. The molecule has 0 spiro atoms. The van der Waals surface area contributed by atoms with Crippen molar-refractivity contribution in [2.45, 2.75) is 51.5 Å². The topological polar surface area (TPSA) is 111 Å². The summed E-state index contributed by atoms with van der Waals surface area (Å²) in [6.07, 6.45) is -0.840. The molecule has 150 valence electrons. The zero-order valence-electron chi connectivity index (χ0n) is 15.2. The van der Waals surface area contributed by atoms with E-state index in [0.29, 0.717) is 19.3 Å². The van der Waals surface area contributed by atoms with Crippen molar-refractivity contribution in [1.82, 2.24) is 15.8 Å². The lowest BCUT2D eigenvalue weighted by atomic mass is 9.66. The highest BCUT2D eigenvalue weighted by Crippen LogP contribution is 2.45. The van der Waals surface area contributed by atoms with Crippen LogP contribution in [-0.2, 0) is 9.53 Å². The van der Waals surface area contributed by atoms with E-state index >= 15 is 0 Å². The molecule has 0 saturated heterocycles. The standard InChI is InChI=1S/C17H23F2N3O5/c1-3-10(9-20-16(25)17(5-4-6-17)8-13(18)19)21-14(23)11-7-12(27-22-11)15(24)26-2/h7,10,13H,3-6,8-9H2,1-2H3,(H,20,25)(H,21,23). The second kappa shape index (κ2) is 8.92. The fourth-order valence-corrected chi connectivity index (χ4v) is 2.96. The van der Waals surface area contributed by atoms with Crippen LogP contribution in [0, 0.1) is 5.41 Å². The molecule has 1 aliphatic carbocycles. The molecule has 2 rings (SSSR count). The number of amides is 2. The average molecular weight is 387 g/mol. The van der Waals surface area contributed by atoms with Gasteiger partial charge in [0.2, 0.25) is 18.1 Å². The van der Waals surface area contributed by atoms with Crippen LogP contribution in [0.5, 0.6) is 0 Å². The van der Waals surface area contributed by atoms with E-state index in [2.05, 4.69) is 20.5 Å². The van der Waals surface area contributed by atoms with E-state index in [-0.39, 0.29) is 18.0 Å². The Kier molecular flexibility index (Phi) is 6.86. The van der Waals surface area contributed by atoms with Crippen molar-refractivity contribution < 1.29 is 32.4 Å². The first-order valence-corrected chi connectivity index (χ1v) is 8.73. The van der Waals surface area contributed by atoms with E-state index in [0.717, 1.165) is 12.5 Å². The Morgan fingerprint density at radius 3 is 2.59 bits per heavy atom. The monoisotopic (exact) mass is 387 g/mol. The first-order valence-electron chi connectivity index (χ1n) is 8.73. The molecule has 8 nitrogen and oxygen atoms in total. The quantitative estimate of drug-likeness (QED) is 0.626. The SMILES string of the molecule is CCC(CNC(=O)C1(CC(F)F)CCC1)NC(=O)c1cc(C(=O)OC)on1. The number of alkyl halides is 2. The molecule has 1 aliphatic rings. The van der Waals surface area contributed by atoms with Crippen LogP contribution >= 0.6 is 0 Å². The average Bonchev–Trinajstić information content (AvgIpc) is 3.10. The summed E-state index contributed by atoms with van der Waals surface area (Å²) >= 11 is 0. The lowest BCUT2D eigenvalue weighted by Gasteiger charge is -2.40. The van der Waals surface area contributed by atoms with E-state index in [1.54, 1.807) is 6.92 Å². The Bertz CT molecular complexity index is 688. The van der Waals surface area contributed by atoms with Gasteiger partial charge in [0, 0.05) is 25.1 Å². The number of nitrogens with zero attached hydrogens (tertiary/aromatic N) is 1. The Morgan fingerprint density at radius 1 is 1.37 bits per heavy atom. The van der Waals surface area contributed by atoms with Crippen LogP contribution < -0.4 is 10.6 Å². The zero-order valence-corrected chi connectivity index (χ0v) is 15.2. The fourth-order valence-electron chi connectivity index (χ4n) is 2.96. The second-order valence-electron chi connectivity index (χ2n) is 6.59. The Hall–Kier alpha value is -2.52. The maximum absolute atomic E-state index is 12.7. The summed E-state index contributed by atoms with van der Waals surface area (Å²) in [5.74, 6) is -1.95. The number of hydrogen-bond donors (Lipinski definition) is 2. The molecule has 1 fully saturated rings. The smallest absolute Gasteiger partial charge is 0.376 e. The summed E-state index contributed by atoms with van der Waals surface area (Å²) in [4.78, 5) is 35.9. The number of rotatable bonds is 9. The number of esters is 1. The van der Waals surface area contributed by atoms with Gasteiger partial charge in [0.05, 0.1) is 12.5 Å². The van der Waals surface area contributed by atoms with Crippen LogP contribution in [-0.4, -0.2) is 49.1 Å². The van der Waals surface area contributed by atoms with Gasteiger partial charge in [0.1, 0.15) is 0 Å². The lowest BCUT2D eigenvalue weighted by molar-refractivity contribution is -0.139. The minimum Gasteiger partial charge on any atom is -0.463 e. The van der Waals surface area contributed by atoms with Crippen LogP contribution in [0.1, 0.15) is 60.1 Å². The molecule has 0 bridgehead atoms. The molecular weight excluding hydrogens is 364 g/mol. The highest BCUT2D eigenvalue weighted by Gasteiger charge is 2.45. The number of methoxy groups -OCH3 is 1. The predicted molar refractivity (Wildman–Crippen MR) is 89.3 cm³/mol. The van der Waals surface area contributed by atoms with Gasteiger partial charge < -0.3 is 19.9 Å². The van der Waals surface area contributed by atoms with Crippen molar-refractivity contribution in [3.05, 3.63) is 17.5 Å². The van der Waals surface area contributed by atoms with E-state index in [1.165, 1.54) is 7.11 Å². The number of aromatic nitrogens is 1. The Morgan fingerprint density at radius 2 is 2.07 bits per heavy atom. The third-order valence-corrected chi connectivity index (χ3v) is 4.80. The van der Waals surface area contributed by atoms with Crippen molar-refractivity contribution in [3.63, 3.8) is 0 Å². The normalized spacial score (nSPS) is 16.3. The summed E-state index contributed by atoms with van der Waals surface area (Å²) in [5, 5.41) is 8.83. The van der Waals surface area contributed by atoms with E-state index in [1.807, 2.05) is 0 Å². The van der Waals surface area contributed by atoms with Gasteiger partial charge in [-0.25, -0.2) is 13.6 Å². The molecule has 2 N–H and O–H groups in total. The molecule has 0 aromatic carbocycles. The molecule has 1 unspecified atom stereocenters. The van der Waals surface area contributed by atoms with Crippen LogP contribution in [0.25, 0.3) is 0 Å². The maximum Gasteiger partial charge on any atom is 0.376 e. The number of ether oxygens (including phenoxy) is 1. The number of nitrogens with one attached hydrogen (secondary N) is 2. The van der Waals surface area contributed by atoms with Crippen LogP contribution in [0.3, 0.4) is 0 Å². The van der Waals surface area contributed by atoms with E-state index in [4.69, 9.17) is 4.52 Å². The van der Waals surface area contributed by atoms with Gasteiger partial charge in [0.25, 0.3) is 5.91 Å². The van der Waals surface area contributed by atoms with Gasteiger partial charge in [-0.05, 0) is 19.3 Å². The summed E-state index contributed by atoms with van der Waals surface area (Å²) in [7, 11) is 1.17.